The van der Waals surface area contributed by atoms with Crippen LogP contribution in [0.4, 0.5) is 5.69 Å². The molecule has 0 saturated carbocycles. The molecule has 1 aliphatic rings. The van der Waals surface area contributed by atoms with Crippen molar-refractivity contribution in [2.45, 2.75) is 12.8 Å². The van der Waals surface area contributed by atoms with E-state index in [-0.39, 0.29) is 36.0 Å². The van der Waals surface area contributed by atoms with E-state index in [1.54, 1.807) is 31.2 Å². The van der Waals surface area contributed by atoms with Gasteiger partial charge in [-0.05, 0) is 43.3 Å². The highest BCUT2D eigenvalue weighted by Crippen LogP contribution is 2.41. The molecular weight excluding hydrogens is 510 g/mol. The van der Waals surface area contributed by atoms with Gasteiger partial charge in [-0.15, -0.1) is 0 Å². The van der Waals surface area contributed by atoms with Gasteiger partial charge in [-0.2, -0.15) is 5.26 Å². The van der Waals surface area contributed by atoms with Gasteiger partial charge in [-0.3, -0.25) is 4.79 Å². The van der Waals surface area contributed by atoms with Crippen molar-refractivity contribution in [3.8, 4) is 6.07 Å². The van der Waals surface area contributed by atoms with Gasteiger partial charge in [0.1, 0.15) is 12.4 Å². The van der Waals surface area contributed by atoms with E-state index in [1.807, 2.05) is 12.1 Å². The first-order valence-electron chi connectivity index (χ1n) is 9.94. The molecule has 0 unspecified atom stereocenters. The molecule has 1 atom stereocenters. The maximum Gasteiger partial charge on any atom is 0.336 e. The van der Waals surface area contributed by atoms with Crippen LogP contribution in [-0.2, 0) is 19.1 Å². The first-order chi connectivity index (χ1) is 15.9. The number of nitrogens with zero attached hydrogens (tertiary/aromatic N) is 1. The number of carbonyl (C=O) groups is 2. The Labute approximate surface area is 204 Å². The molecule has 3 rings (SSSR count). The molecule has 2 heterocycles. The molecule has 0 radical (unpaired) electrons. The highest BCUT2D eigenvalue weighted by molar-refractivity contribution is 9.10. The summed E-state index contributed by atoms with van der Waals surface area (Å²) < 4.78 is 16.7. The van der Waals surface area contributed by atoms with Crippen LogP contribution >= 0.6 is 27.7 Å². The normalized spacial score (nSPS) is 15.6. The molecule has 0 bridgehead atoms. The van der Waals surface area contributed by atoms with E-state index in [4.69, 9.17) is 13.9 Å². The second-order valence-electron chi connectivity index (χ2n) is 6.94. The summed E-state index contributed by atoms with van der Waals surface area (Å²) >= 11 is 4.53. The van der Waals surface area contributed by atoms with Gasteiger partial charge in [-0.1, -0.05) is 27.7 Å². The Hall–Kier alpha value is -3.00. The lowest BCUT2D eigenvalue weighted by molar-refractivity contribution is -0.140. The van der Waals surface area contributed by atoms with E-state index < -0.39 is 11.9 Å². The highest BCUT2D eigenvalue weighted by Gasteiger charge is 2.37. The maximum absolute atomic E-state index is 12.8. The number of carbonyl (C=O) groups excluding carboxylic acids is 2. The van der Waals surface area contributed by atoms with Crippen LogP contribution < -0.4 is 10.6 Å². The predicted octanol–water partition coefficient (Wildman–Crippen LogP) is 4.30. The third-order valence-electron chi connectivity index (χ3n) is 4.69. The number of hydrogen-bond donors (Lipinski definition) is 2. The molecule has 33 heavy (non-hydrogen) atoms. The van der Waals surface area contributed by atoms with Crippen molar-refractivity contribution in [1.29, 1.82) is 5.26 Å². The molecule has 10 heteroatoms. The molecule has 8 nitrogen and oxygen atoms in total. The Bertz CT molecular complexity index is 1100. The van der Waals surface area contributed by atoms with Crippen LogP contribution in [0.25, 0.3) is 0 Å². The minimum atomic E-state index is -0.752. The Morgan fingerprint density at radius 1 is 1.27 bits per heavy atom. The summed E-state index contributed by atoms with van der Waals surface area (Å²) in [5.41, 5.74) is 1.74. The summed E-state index contributed by atoms with van der Waals surface area (Å²) in [5.74, 6) is -1.05. The van der Waals surface area contributed by atoms with E-state index in [0.717, 1.165) is 4.47 Å². The molecule has 0 aliphatic carbocycles. The van der Waals surface area contributed by atoms with Gasteiger partial charge >= 0.3 is 5.97 Å². The Balaban J connectivity index is 1.80. The fraction of sp³-hybridized carbons (Fsp3) is 0.261. The second-order valence-corrected chi connectivity index (χ2v) is 8.84. The van der Waals surface area contributed by atoms with Gasteiger partial charge in [0, 0.05) is 23.0 Å². The molecule has 2 aromatic rings. The molecule has 1 amide bonds. The van der Waals surface area contributed by atoms with Gasteiger partial charge in [0.05, 0.1) is 46.8 Å². The Kier molecular flexibility index (Phi) is 8.77. The van der Waals surface area contributed by atoms with Crippen LogP contribution in [0.5, 0.6) is 0 Å². The summed E-state index contributed by atoms with van der Waals surface area (Å²) in [7, 11) is 1.51. The third kappa shape index (κ3) is 6.28. The maximum atomic E-state index is 12.8. The van der Waals surface area contributed by atoms with Crippen LogP contribution in [0.15, 0.2) is 73.4 Å². The minimum absolute atomic E-state index is 0.0648. The van der Waals surface area contributed by atoms with E-state index in [9.17, 15) is 14.9 Å². The van der Waals surface area contributed by atoms with Crippen LogP contribution in [0.2, 0.25) is 0 Å². The molecule has 1 aliphatic heterocycles. The number of furan rings is 1. The van der Waals surface area contributed by atoms with Gasteiger partial charge in [0.2, 0.25) is 5.91 Å². The number of amides is 1. The monoisotopic (exact) mass is 531 g/mol. The van der Waals surface area contributed by atoms with Crippen molar-refractivity contribution < 1.29 is 23.5 Å². The number of nitrogens with one attached hydrogen (secondary N) is 2. The third-order valence-corrected chi connectivity index (χ3v) is 6.24. The number of hydrogen-bond acceptors (Lipinski definition) is 8. The number of dihydropyridines is 1. The predicted molar refractivity (Wildman–Crippen MR) is 128 cm³/mol. The molecule has 0 fully saturated rings. The van der Waals surface area contributed by atoms with E-state index in [0.29, 0.717) is 22.2 Å². The van der Waals surface area contributed by atoms with Crippen molar-refractivity contribution in [3.63, 3.8) is 0 Å². The number of allylic oxidation sites excluding steroid dienone is 2. The summed E-state index contributed by atoms with van der Waals surface area (Å²) in [4.78, 5) is 25.3. The SMILES string of the molecule is COCCOC(=O)C1=C(C)NC(SCC(=O)Nc2ccc(Br)cc2)=C(C#N)[C@H]1c1ccco1. The molecule has 172 valence electrons. The van der Waals surface area contributed by atoms with E-state index in [2.05, 4.69) is 32.6 Å². The summed E-state index contributed by atoms with van der Waals surface area (Å²) in [6, 6.07) is 12.8. The van der Waals surface area contributed by atoms with E-state index in [1.165, 1.54) is 25.1 Å². The van der Waals surface area contributed by atoms with Crippen LogP contribution in [-0.4, -0.2) is 38.0 Å². The number of methoxy groups -OCH3 is 1. The van der Waals surface area contributed by atoms with Crippen molar-refractivity contribution in [2.75, 3.05) is 31.4 Å². The minimum Gasteiger partial charge on any atom is -0.468 e. The Morgan fingerprint density at radius 3 is 2.67 bits per heavy atom. The quantitative estimate of drug-likeness (QED) is 0.363. The zero-order chi connectivity index (χ0) is 23.8. The standard InChI is InChI=1S/C23H22BrN3O5S/c1-14-20(23(29)32-11-10-30-2)21(18-4-3-9-31-18)17(12-25)22(26-14)33-13-19(28)27-16-7-5-15(24)6-8-16/h3-9,21,26H,10-11,13H2,1-2H3,(H,27,28)/t21-/m0/s1. The molecule has 1 aromatic carbocycles. The van der Waals surface area contributed by atoms with Gasteiger partial charge in [0.15, 0.2) is 0 Å². The smallest absolute Gasteiger partial charge is 0.336 e. The van der Waals surface area contributed by atoms with Crippen molar-refractivity contribution in [3.05, 3.63) is 74.8 Å². The highest BCUT2D eigenvalue weighted by atomic mass is 79.9. The van der Waals surface area contributed by atoms with Gasteiger partial charge in [0.25, 0.3) is 0 Å². The van der Waals surface area contributed by atoms with E-state index >= 15 is 0 Å². The Morgan fingerprint density at radius 2 is 2.03 bits per heavy atom. The van der Waals surface area contributed by atoms with Crippen molar-refractivity contribution in [1.82, 2.24) is 5.32 Å². The number of anilines is 1. The topological polar surface area (TPSA) is 114 Å². The number of halogens is 1. The largest absolute Gasteiger partial charge is 0.468 e. The summed E-state index contributed by atoms with van der Waals surface area (Å²) in [5, 5.41) is 16.4. The number of ether oxygens (including phenoxy) is 2. The summed E-state index contributed by atoms with van der Waals surface area (Å²) in [6.07, 6.45) is 1.48. The summed E-state index contributed by atoms with van der Waals surface area (Å²) in [6.45, 7) is 2.06. The zero-order valence-electron chi connectivity index (χ0n) is 18.0. The first kappa shape index (κ1) is 24.6. The van der Waals surface area contributed by atoms with Crippen LogP contribution in [0.3, 0.4) is 0 Å². The second kappa shape index (κ2) is 11.7. The first-order valence-corrected chi connectivity index (χ1v) is 11.7. The zero-order valence-corrected chi connectivity index (χ0v) is 20.4. The fourth-order valence-corrected chi connectivity index (χ4v) is 4.36. The molecular formula is C23H22BrN3O5S. The average Bonchev–Trinajstić information content (AvgIpc) is 3.33. The lowest BCUT2D eigenvalue weighted by Crippen LogP contribution is -2.29. The van der Waals surface area contributed by atoms with Crippen molar-refractivity contribution >= 4 is 45.3 Å². The van der Waals surface area contributed by atoms with Crippen molar-refractivity contribution in [2.24, 2.45) is 0 Å². The fourth-order valence-electron chi connectivity index (χ4n) is 3.20. The molecule has 1 aromatic heterocycles. The molecule has 2 N–H and O–H groups in total. The number of rotatable bonds is 9. The average molecular weight is 532 g/mol. The lowest BCUT2D eigenvalue weighted by atomic mass is 9.86. The number of benzene rings is 1. The molecule has 0 saturated heterocycles. The molecule has 0 spiro atoms. The number of nitriles is 1. The van der Waals surface area contributed by atoms with Gasteiger partial charge in [-0.25, -0.2) is 4.79 Å². The van der Waals surface area contributed by atoms with Gasteiger partial charge < -0.3 is 24.5 Å². The number of thioether (sulfide) groups is 1. The lowest BCUT2D eigenvalue weighted by Gasteiger charge is -2.27. The van der Waals surface area contributed by atoms with Crippen LogP contribution in [0.1, 0.15) is 18.6 Å². The number of esters is 1. The van der Waals surface area contributed by atoms with Crippen LogP contribution in [0, 0.1) is 11.3 Å².